The summed E-state index contributed by atoms with van der Waals surface area (Å²) in [5, 5.41) is 0. The van der Waals surface area contributed by atoms with E-state index in [4.69, 9.17) is 4.55 Å². The summed E-state index contributed by atoms with van der Waals surface area (Å²) in [5.74, 6) is 0. The molecule has 0 heterocycles. The molecule has 0 amide bonds. The van der Waals surface area contributed by atoms with Gasteiger partial charge in [0.25, 0.3) is 0 Å². The summed E-state index contributed by atoms with van der Waals surface area (Å²) in [5.41, 5.74) is 0.783. The van der Waals surface area contributed by atoms with Crippen LogP contribution in [0, 0.1) is 0 Å². The van der Waals surface area contributed by atoms with Gasteiger partial charge in [-0.25, -0.2) is 0 Å². The van der Waals surface area contributed by atoms with E-state index in [1.807, 2.05) is 6.07 Å². The fourth-order valence-electron chi connectivity index (χ4n) is 0.741. The van der Waals surface area contributed by atoms with Crippen LogP contribution >= 0.6 is 0 Å². The Bertz CT molecular complexity index is 385. The van der Waals surface area contributed by atoms with Crippen molar-refractivity contribution in [1.29, 1.82) is 0 Å². The molecule has 14 heavy (non-hydrogen) atoms. The molecule has 0 radical (unpaired) electrons. The number of benzene rings is 1. The fourth-order valence-corrected chi connectivity index (χ4v) is 0.937. The van der Waals surface area contributed by atoms with Crippen LogP contribution in [0.4, 0.5) is 0 Å². The molecule has 0 saturated carbocycles. The minimum absolute atomic E-state index is 0. The van der Waals surface area contributed by atoms with Gasteiger partial charge in [0.05, 0.1) is 0 Å². The molecule has 0 aliphatic carbocycles. The van der Waals surface area contributed by atoms with Crippen molar-refractivity contribution in [3.63, 3.8) is 0 Å². The van der Waals surface area contributed by atoms with Gasteiger partial charge in [0, 0.05) is 0 Å². The Hall–Kier alpha value is -0.733. The zero-order valence-corrected chi connectivity index (χ0v) is 7.44. The van der Waals surface area contributed by atoms with E-state index in [-0.39, 0.29) is 18.9 Å². The van der Waals surface area contributed by atoms with Crippen molar-refractivity contribution >= 4 is 35.3 Å². The standard InChI is InChI=1S/C8H8O4S.Li.H/c9-13(10,11)12-7-6-8-4-2-1-3-5-8;;/h1-7H,(H,9,10,11);;. The van der Waals surface area contributed by atoms with Gasteiger partial charge in [0.15, 0.2) is 0 Å². The van der Waals surface area contributed by atoms with E-state index in [1.54, 1.807) is 24.3 Å². The first-order valence-corrected chi connectivity index (χ1v) is 4.82. The number of hydrogen-bond donors (Lipinski definition) is 1. The molecule has 0 fully saturated rings. The summed E-state index contributed by atoms with van der Waals surface area (Å²) in [6.07, 6.45) is 2.33. The molecule has 6 heteroatoms. The summed E-state index contributed by atoms with van der Waals surface area (Å²) in [6.45, 7) is 0. The van der Waals surface area contributed by atoms with Crippen molar-refractivity contribution in [3.8, 4) is 0 Å². The van der Waals surface area contributed by atoms with Crippen LogP contribution in [0.5, 0.6) is 0 Å². The summed E-state index contributed by atoms with van der Waals surface area (Å²) in [4.78, 5) is 0. The maximum atomic E-state index is 10.1. The van der Waals surface area contributed by atoms with Crippen molar-refractivity contribution in [1.82, 2.24) is 0 Å². The molecule has 0 saturated heterocycles. The molecule has 0 aliphatic rings. The van der Waals surface area contributed by atoms with Gasteiger partial charge < -0.3 is 4.18 Å². The van der Waals surface area contributed by atoms with E-state index in [0.717, 1.165) is 11.8 Å². The third-order valence-corrected chi connectivity index (χ3v) is 1.59. The Morgan fingerprint density at radius 3 is 2.29 bits per heavy atom. The second kappa shape index (κ2) is 5.89. The van der Waals surface area contributed by atoms with Gasteiger partial charge in [-0.2, -0.15) is 8.42 Å². The van der Waals surface area contributed by atoms with Crippen molar-refractivity contribution in [2.24, 2.45) is 0 Å². The summed E-state index contributed by atoms with van der Waals surface area (Å²) in [7, 11) is -4.38. The molecule has 1 rings (SSSR count). The average Bonchev–Trinajstić information content (AvgIpc) is 2.04. The molecule has 0 bridgehead atoms. The van der Waals surface area contributed by atoms with Gasteiger partial charge >= 0.3 is 29.3 Å². The molecule has 1 aromatic rings. The normalized spacial score (nSPS) is 10.9. The number of hydrogen-bond acceptors (Lipinski definition) is 3. The van der Waals surface area contributed by atoms with Gasteiger partial charge in [-0.05, 0) is 11.6 Å². The van der Waals surface area contributed by atoms with Crippen molar-refractivity contribution in [3.05, 3.63) is 42.2 Å². The van der Waals surface area contributed by atoms with Crippen LogP contribution in [0.3, 0.4) is 0 Å². The van der Waals surface area contributed by atoms with Gasteiger partial charge in [-0.15, -0.1) is 0 Å². The van der Waals surface area contributed by atoms with Gasteiger partial charge in [0.2, 0.25) is 0 Å². The Kier molecular flexibility index (Phi) is 5.58. The predicted octanol–water partition coefficient (Wildman–Crippen LogP) is 0.828. The Morgan fingerprint density at radius 1 is 1.21 bits per heavy atom. The van der Waals surface area contributed by atoms with Crippen LogP contribution in [0.2, 0.25) is 0 Å². The predicted molar refractivity (Wildman–Crippen MR) is 55.3 cm³/mol. The van der Waals surface area contributed by atoms with E-state index in [0.29, 0.717) is 0 Å². The monoisotopic (exact) mass is 208 g/mol. The fraction of sp³-hybridized carbons (Fsp3) is 0. The zero-order valence-electron chi connectivity index (χ0n) is 6.62. The van der Waals surface area contributed by atoms with Crippen LogP contribution in [0.25, 0.3) is 6.08 Å². The molecule has 72 valence electrons. The number of rotatable bonds is 3. The Morgan fingerprint density at radius 2 is 1.79 bits per heavy atom. The molecule has 0 atom stereocenters. The first-order valence-electron chi connectivity index (χ1n) is 3.45. The first-order chi connectivity index (χ1) is 6.08. The van der Waals surface area contributed by atoms with Crippen LogP contribution in [-0.4, -0.2) is 31.8 Å². The molecular weight excluding hydrogens is 199 g/mol. The van der Waals surface area contributed by atoms with Crippen LogP contribution in [0.1, 0.15) is 5.56 Å². The summed E-state index contributed by atoms with van der Waals surface area (Å²) in [6, 6.07) is 8.97. The second-order valence-corrected chi connectivity index (χ2v) is 3.29. The Labute approximate surface area is 94.7 Å². The maximum absolute atomic E-state index is 10.1. The SMILES string of the molecule is O=S(=O)(O)OC=Cc1ccccc1.[LiH]. The summed E-state index contributed by atoms with van der Waals surface area (Å²) >= 11 is 0. The van der Waals surface area contributed by atoms with Crippen molar-refractivity contribution in [2.75, 3.05) is 0 Å². The molecule has 1 N–H and O–H groups in total. The molecule has 0 spiro atoms. The Balaban J connectivity index is 0.00000169. The topological polar surface area (TPSA) is 63.6 Å². The molecule has 0 unspecified atom stereocenters. The third-order valence-electron chi connectivity index (χ3n) is 1.24. The van der Waals surface area contributed by atoms with E-state index in [1.165, 1.54) is 6.08 Å². The van der Waals surface area contributed by atoms with Crippen LogP contribution in [-0.2, 0) is 14.6 Å². The molecular formula is C8H9LiO4S. The molecule has 0 aliphatic heterocycles. The van der Waals surface area contributed by atoms with Gasteiger partial charge in [-0.3, -0.25) is 4.55 Å². The van der Waals surface area contributed by atoms with Crippen LogP contribution < -0.4 is 0 Å². The zero-order chi connectivity index (χ0) is 9.73. The van der Waals surface area contributed by atoms with Gasteiger partial charge in [-0.1, -0.05) is 30.3 Å². The average molecular weight is 208 g/mol. The van der Waals surface area contributed by atoms with E-state index in [9.17, 15) is 8.42 Å². The minimum atomic E-state index is -4.38. The third kappa shape index (κ3) is 5.84. The second-order valence-electron chi connectivity index (χ2n) is 2.24. The van der Waals surface area contributed by atoms with E-state index >= 15 is 0 Å². The molecule has 1 aromatic carbocycles. The van der Waals surface area contributed by atoms with Crippen LogP contribution in [0.15, 0.2) is 36.6 Å². The van der Waals surface area contributed by atoms with E-state index in [2.05, 4.69) is 4.18 Å². The summed E-state index contributed by atoms with van der Waals surface area (Å²) < 4.78 is 32.4. The van der Waals surface area contributed by atoms with Gasteiger partial charge in [0.1, 0.15) is 6.26 Å². The molecule has 4 nitrogen and oxygen atoms in total. The molecule has 0 aromatic heterocycles. The first kappa shape index (κ1) is 13.3. The van der Waals surface area contributed by atoms with E-state index < -0.39 is 10.4 Å². The quantitative estimate of drug-likeness (QED) is 0.454. The van der Waals surface area contributed by atoms with Crippen molar-refractivity contribution in [2.45, 2.75) is 0 Å². The van der Waals surface area contributed by atoms with Crippen molar-refractivity contribution < 1.29 is 17.2 Å².